The molecule has 3 heteroatoms. The molecule has 4 atom stereocenters. The highest BCUT2D eigenvalue weighted by Gasteiger charge is 2.26. The van der Waals surface area contributed by atoms with Crippen molar-refractivity contribution < 1.29 is 4.21 Å². The molecule has 108 valence electrons. The fraction of sp³-hybridized carbons (Fsp3) is 0.625. The van der Waals surface area contributed by atoms with Crippen molar-refractivity contribution in [1.29, 1.82) is 0 Å². The lowest BCUT2D eigenvalue weighted by molar-refractivity contribution is 0.531. The summed E-state index contributed by atoms with van der Waals surface area (Å²) in [4.78, 5) is 0. The van der Waals surface area contributed by atoms with Gasteiger partial charge in [0.2, 0.25) is 0 Å². The number of nitrogens with one attached hydrogen (secondary N) is 1. The summed E-state index contributed by atoms with van der Waals surface area (Å²) >= 11 is 0. The molecule has 2 nitrogen and oxygen atoms in total. The normalized spacial score (nSPS) is 17.7. The second-order valence-electron chi connectivity index (χ2n) is 5.18. The molecule has 1 rings (SSSR count). The lowest BCUT2D eigenvalue weighted by Crippen LogP contribution is -2.34. The van der Waals surface area contributed by atoms with Crippen LogP contribution >= 0.6 is 0 Å². The Labute approximate surface area is 120 Å². The summed E-state index contributed by atoms with van der Waals surface area (Å²) in [6.45, 7) is 6.48. The van der Waals surface area contributed by atoms with Crippen LogP contribution in [0.3, 0.4) is 0 Å². The van der Waals surface area contributed by atoms with Gasteiger partial charge in [-0.15, -0.1) is 0 Å². The minimum absolute atomic E-state index is 0.177. The first-order valence-electron chi connectivity index (χ1n) is 7.23. The Morgan fingerprint density at radius 2 is 1.79 bits per heavy atom. The fourth-order valence-corrected chi connectivity index (χ4v) is 4.34. The topological polar surface area (TPSA) is 29.1 Å². The molecule has 0 saturated carbocycles. The molecule has 0 aliphatic rings. The van der Waals surface area contributed by atoms with Gasteiger partial charge >= 0.3 is 0 Å². The van der Waals surface area contributed by atoms with Crippen LogP contribution < -0.4 is 5.32 Å². The number of hydrogen-bond acceptors (Lipinski definition) is 2. The average molecular weight is 281 g/mol. The van der Waals surface area contributed by atoms with Gasteiger partial charge in [-0.3, -0.25) is 4.21 Å². The monoisotopic (exact) mass is 281 g/mol. The van der Waals surface area contributed by atoms with Gasteiger partial charge < -0.3 is 5.32 Å². The van der Waals surface area contributed by atoms with Crippen LogP contribution in [-0.2, 0) is 10.8 Å². The molecule has 1 N–H and O–H groups in total. The second kappa shape index (κ2) is 8.49. The van der Waals surface area contributed by atoms with Crippen molar-refractivity contribution in [1.82, 2.24) is 5.32 Å². The number of hydrogen-bond donors (Lipinski definition) is 1. The van der Waals surface area contributed by atoms with Crippen molar-refractivity contribution in [3.63, 3.8) is 0 Å². The Bertz CT molecular complexity index is 380. The molecule has 1 aromatic rings. The first-order valence-corrected chi connectivity index (χ1v) is 8.61. The average Bonchev–Trinajstić information content (AvgIpc) is 2.45. The molecule has 0 aliphatic heterocycles. The molecule has 0 fully saturated rings. The van der Waals surface area contributed by atoms with E-state index in [9.17, 15) is 4.21 Å². The minimum atomic E-state index is -0.781. The highest BCUT2D eigenvalue weighted by molar-refractivity contribution is 7.85. The molecular formula is C16H27NOS. The molecule has 0 amide bonds. The van der Waals surface area contributed by atoms with E-state index in [1.54, 1.807) is 0 Å². The van der Waals surface area contributed by atoms with Gasteiger partial charge in [-0.2, -0.15) is 0 Å². The Balaban J connectivity index is 2.84. The van der Waals surface area contributed by atoms with Crippen molar-refractivity contribution in [2.24, 2.45) is 5.92 Å². The van der Waals surface area contributed by atoms with E-state index in [-0.39, 0.29) is 11.3 Å². The molecule has 0 saturated heterocycles. The van der Waals surface area contributed by atoms with E-state index in [1.165, 1.54) is 5.56 Å². The maximum atomic E-state index is 12.6. The first kappa shape index (κ1) is 16.4. The Kier molecular flexibility index (Phi) is 7.32. The molecule has 1 aromatic carbocycles. The van der Waals surface area contributed by atoms with Crippen molar-refractivity contribution in [2.75, 3.05) is 12.8 Å². The van der Waals surface area contributed by atoms with Crippen LogP contribution in [-0.4, -0.2) is 22.3 Å². The SMILES string of the molecule is CCC(C)CS(=O)C(CC)C(NC)c1ccccc1. The maximum Gasteiger partial charge on any atom is 0.0540 e. The standard InChI is InChI=1S/C16H27NOS/c1-5-13(3)12-19(18)15(6-2)16(17-4)14-10-8-7-9-11-14/h7-11,13,15-17H,5-6,12H2,1-4H3. The van der Waals surface area contributed by atoms with E-state index in [0.29, 0.717) is 5.92 Å². The Morgan fingerprint density at radius 3 is 2.26 bits per heavy atom. The van der Waals surface area contributed by atoms with E-state index in [4.69, 9.17) is 0 Å². The largest absolute Gasteiger partial charge is 0.312 e. The van der Waals surface area contributed by atoms with Crippen LogP contribution in [0.5, 0.6) is 0 Å². The maximum absolute atomic E-state index is 12.6. The summed E-state index contributed by atoms with van der Waals surface area (Å²) in [5, 5.41) is 3.53. The molecule has 4 unspecified atom stereocenters. The van der Waals surface area contributed by atoms with Gasteiger partial charge in [0.05, 0.1) is 5.25 Å². The van der Waals surface area contributed by atoms with Crippen molar-refractivity contribution in [3.8, 4) is 0 Å². The summed E-state index contributed by atoms with van der Waals surface area (Å²) in [7, 11) is 1.18. The fourth-order valence-electron chi connectivity index (χ4n) is 2.32. The molecular weight excluding hydrogens is 254 g/mol. The van der Waals surface area contributed by atoms with Gasteiger partial charge in [0.1, 0.15) is 0 Å². The zero-order valence-electron chi connectivity index (χ0n) is 12.6. The van der Waals surface area contributed by atoms with Gasteiger partial charge in [-0.05, 0) is 24.9 Å². The van der Waals surface area contributed by atoms with Gasteiger partial charge in [0, 0.05) is 22.6 Å². The third-order valence-electron chi connectivity index (χ3n) is 3.73. The smallest absolute Gasteiger partial charge is 0.0540 e. The van der Waals surface area contributed by atoms with Crippen molar-refractivity contribution in [3.05, 3.63) is 35.9 Å². The zero-order chi connectivity index (χ0) is 14.3. The lowest BCUT2D eigenvalue weighted by Gasteiger charge is -2.26. The third kappa shape index (κ3) is 4.73. The molecule has 0 radical (unpaired) electrons. The highest BCUT2D eigenvalue weighted by atomic mass is 32.2. The summed E-state index contributed by atoms with van der Waals surface area (Å²) in [5.74, 6) is 1.34. The summed E-state index contributed by atoms with van der Waals surface area (Å²) in [5.41, 5.74) is 1.23. The van der Waals surface area contributed by atoms with E-state index < -0.39 is 10.8 Å². The Hall–Kier alpha value is -0.670. The van der Waals surface area contributed by atoms with Crippen molar-refractivity contribution in [2.45, 2.75) is 44.9 Å². The van der Waals surface area contributed by atoms with E-state index in [2.05, 4.69) is 38.2 Å². The summed E-state index contributed by atoms with van der Waals surface area (Å²) in [6, 6.07) is 10.5. The lowest BCUT2D eigenvalue weighted by atomic mass is 10.0. The van der Waals surface area contributed by atoms with Gasteiger partial charge in [-0.25, -0.2) is 0 Å². The van der Waals surface area contributed by atoms with Crippen LogP contribution in [0.4, 0.5) is 0 Å². The summed E-state index contributed by atoms with van der Waals surface area (Å²) < 4.78 is 12.6. The van der Waals surface area contributed by atoms with Crippen LogP contribution in [0, 0.1) is 5.92 Å². The van der Waals surface area contributed by atoms with Crippen molar-refractivity contribution >= 4 is 10.8 Å². The predicted octanol–water partition coefficient (Wildman–Crippen LogP) is 3.52. The molecule has 0 aromatic heterocycles. The van der Waals surface area contributed by atoms with Crippen LogP contribution in [0.15, 0.2) is 30.3 Å². The van der Waals surface area contributed by atoms with E-state index >= 15 is 0 Å². The molecule has 0 heterocycles. The molecule has 0 aliphatic carbocycles. The Morgan fingerprint density at radius 1 is 1.16 bits per heavy atom. The zero-order valence-corrected chi connectivity index (χ0v) is 13.4. The molecule has 0 bridgehead atoms. The number of benzene rings is 1. The quantitative estimate of drug-likeness (QED) is 0.790. The molecule has 19 heavy (non-hydrogen) atoms. The van der Waals surface area contributed by atoms with Crippen LogP contribution in [0.2, 0.25) is 0 Å². The van der Waals surface area contributed by atoms with Crippen LogP contribution in [0.1, 0.15) is 45.2 Å². The number of rotatable bonds is 8. The van der Waals surface area contributed by atoms with Gasteiger partial charge in [0.25, 0.3) is 0 Å². The first-order chi connectivity index (χ1) is 9.13. The van der Waals surface area contributed by atoms with Gasteiger partial charge in [0.15, 0.2) is 0 Å². The van der Waals surface area contributed by atoms with Crippen LogP contribution in [0.25, 0.3) is 0 Å². The van der Waals surface area contributed by atoms with E-state index in [0.717, 1.165) is 18.6 Å². The second-order valence-corrected chi connectivity index (χ2v) is 6.88. The third-order valence-corrected chi connectivity index (χ3v) is 5.91. The van der Waals surface area contributed by atoms with Gasteiger partial charge in [-0.1, -0.05) is 57.5 Å². The minimum Gasteiger partial charge on any atom is -0.312 e. The molecule has 0 spiro atoms. The summed E-state index contributed by atoms with van der Waals surface area (Å²) in [6.07, 6.45) is 2.03. The highest BCUT2D eigenvalue weighted by Crippen LogP contribution is 2.24. The predicted molar refractivity (Wildman–Crippen MR) is 84.8 cm³/mol. The van der Waals surface area contributed by atoms with E-state index in [1.807, 2.05) is 25.2 Å².